The third-order valence-electron chi connectivity index (χ3n) is 3.84. The standard InChI is InChI=1S/C19H25N3O3/c1-13-8-15(22(2)3)6-7-18(13)21-19(23)20-12-14-9-16(24-4)11-17(10-14)25-5/h6-11H,12H2,1-5H3,(H2,20,21,23). The highest BCUT2D eigenvalue weighted by Crippen LogP contribution is 2.23. The number of nitrogens with zero attached hydrogens (tertiary/aromatic N) is 1. The molecule has 0 fully saturated rings. The maximum absolute atomic E-state index is 12.2. The largest absolute Gasteiger partial charge is 0.497 e. The Morgan fingerprint density at radius 3 is 2.20 bits per heavy atom. The first-order valence-corrected chi connectivity index (χ1v) is 7.97. The van der Waals surface area contributed by atoms with E-state index in [4.69, 9.17) is 9.47 Å². The summed E-state index contributed by atoms with van der Waals surface area (Å²) in [5.41, 5.74) is 3.77. The SMILES string of the molecule is COc1cc(CNC(=O)Nc2ccc(N(C)C)cc2C)cc(OC)c1. The molecule has 0 spiro atoms. The van der Waals surface area contributed by atoms with Gasteiger partial charge in [-0.05, 0) is 48.4 Å². The van der Waals surface area contributed by atoms with Gasteiger partial charge in [0, 0.05) is 38.1 Å². The Hall–Kier alpha value is -2.89. The molecule has 2 N–H and O–H groups in total. The molecule has 0 bridgehead atoms. The third-order valence-corrected chi connectivity index (χ3v) is 3.84. The molecule has 0 heterocycles. The van der Waals surface area contributed by atoms with Crippen molar-refractivity contribution in [1.29, 1.82) is 0 Å². The Balaban J connectivity index is 1.99. The van der Waals surface area contributed by atoms with Crippen LogP contribution in [0.25, 0.3) is 0 Å². The molecule has 134 valence electrons. The molecule has 25 heavy (non-hydrogen) atoms. The summed E-state index contributed by atoms with van der Waals surface area (Å²) in [6.07, 6.45) is 0. The first-order valence-electron chi connectivity index (χ1n) is 7.97. The Morgan fingerprint density at radius 2 is 1.68 bits per heavy atom. The van der Waals surface area contributed by atoms with Crippen molar-refractivity contribution in [2.45, 2.75) is 13.5 Å². The average Bonchev–Trinajstić information content (AvgIpc) is 2.61. The first-order chi connectivity index (χ1) is 11.9. The second-order valence-electron chi connectivity index (χ2n) is 5.92. The number of carbonyl (C=O) groups is 1. The van der Waals surface area contributed by atoms with E-state index < -0.39 is 0 Å². The molecule has 0 aromatic heterocycles. The van der Waals surface area contributed by atoms with Gasteiger partial charge in [-0.1, -0.05) is 0 Å². The second-order valence-corrected chi connectivity index (χ2v) is 5.92. The summed E-state index contributed by atoms with van der Waals surface area (Å²) >= 11 is 0. The van der Waals surface area contributed by atoms with Crippen LogP contribution in [0.15, 0.2) is 36.4 Å². The van der Waals surface area contributed by atoms with E-state index in [0.29, 0.717) is 18.0 Å². The van der Waals surface area contributed by atoms with E-state index in [2.05, 4.69) is 10.6 Å². The number of hydrogen-bond donors (Lipinski definition) is 2. The van der Waals surface area contributed by atoms with Crippen molar-refractivity contribution in [2.75, 3.05) is 38.5 Å². The fraction of sp³-hybridized carbons (Fsp3) is 0.316. The molecule has 2 aromatic rings. The predicted octanol–water partition coefficient (Wildman–Crippen LogP) is 3.40. The Bertz CT molecular complexity index is 722. The highest BCUT2D eigenvalue weighted by Gasteiger charge is 2.07. The first kappa shape index (κ1) is 18.4. The van der Waals surface area contributed by atoms with Gasteiger partial charge in [0.2, 0.25) is 0 Å². The van der Waals surface area contributed by atoms with Gasteiger partial charge in [-0.2, -0.15) is 0 Å². The van der Waals surface area contributed by atoms with Crippen molar-refractivity contribution in [3.05, 3.63) is 47.5 Å². The fourth-order valence-electron chi connectivity index (χ4n) is 2.38. The third kappa shape index (κ3) is 5.04. The lowest BCUT2D eigenvalue weighted by molar-refractivity contribution is 0.251. The minimum absolute atomic E-state index is 0.262. The topological polar surface area (TPSA) is 62.8 Å². The van der Waals surface area contributed by atoms with Gasteiger partial charge in [0.05, 0.1) is 14.2 Å². The molecule has 0 unspecified atom stereocenters. The van der Waals surface area contributed by atoms with Crippen molar-refractivity contribution in [3.63, 3.8) is 0 Å². The molecule has 0 aliphatic heterocycles. The van der Waals surface area contributed by atoms with Crippen molar-refractivity contribution in [2.24, 2.45) is 0 Å². The van der Waals surface area contributed by atoms with Crippen LogP contribution in [0, 0.1) is 6.92 Å². The van der Waals surface area contributed by atoms with Crippen molar-refractivity contribution in [1.82, 2.24) is 5.32 Å². The van der Waals surface area contributed by atoms with Gasteiger partial charge in [-0.15, -0.1) is 0 Å². The molecular formula is C19H25N3O3. The quantitative estimate of drug-likeness (QED) is 0.844. The average molecular weight is 343 g/mol. The van der Waals surface area contributed by atoms with Crippen LogP contribution in [-0.2, 0) is 6.54 Å². The number of urea groups is 1. The number of aryl methyl sites for hydroxylation is 1. The van der Waals surface area contributed by atoms with Crippen molar-refractivity contribution in [3.8, 4) is 11.5 Å². The van der Waals surface area contributed by atoms with Gasteiger partial charge in [0.15, 0.2) is 0 Å². The summed E-state index contributed by atoms with van der Waals surface area (Å²) < 4.78 is 10.5. The van der Waals surface area contributed by atoms with Gasteiger partial charge >= 0.3 is 6.03 Å². The molecule has 0 radical (unpaired) electrons. The van der Waals surface area contributed by atoms with E-state index in [9.17, 15) is 4.79 Å². The molecule has 6 heteroatoms. The summed E-state index contributed by atoms with van der Waals surface area (Å²) in [5, 5.41) is 5.72. The molecular weight excluding hydrogens is 318 g/mol. The number of hydrogen-bond acceptors (Lipinski definition) is 4. The molecule has 6 nitrogen and oxygen atoms in total. The number of methoxy groups -OCH3 is 2. The molecule has 2 amide bonds. The summed E-state index contributed by atoms with van der Waals surface area (Å²) in [5.74, 6) is 1.37. The van der Waals surface area contributed by atoms with Crippen molar-refractivity contribution < 1.29 is 14.3 Å². The van der Waals surface area contributed by atoms with E-state index >= 15 is 0 Å². The number of ether oxygens (including phenoxy) is 2. The maximum atomic E-state index is 12.2. The molecule has 0 saturated heterocycles. The number of benzene rings is 2. The molecule has 2 rings (SSSR count). The molecule has 0 aliphatic rings. The smallest absolute Gasteiger partial charge is 0.319 e. The van der Waals surface area contributed by atoms with Crippen LogP contribution in [0.5, 0.6) is 11.5 Å². The van der Waals surface area contributed by atoms with Gasteiger partial charge in [-0.3, -0.25) is 0 Å². The van der Waals surface area contributed by atoms with Gasteiger partial charge < -0.3 is 25.0 Å². The summed E-state index contributed by atoms with van der Waals surface area (Å²) in [6, 6.07) is 11.2. The normalized spacial score (nSPS) is 10.1. The highest BCUT2D eigenvalue weighted by molar-refractivity contribution is 5.90. The van der Waals surface area contributed by atoms with Crippen LogP contribution < -0.4 is 25.0 Å². The van der Waals surface area contributed by atoms with E-state index in [1.54, 1.807) is 20.3 Å². The van der Waals surface area contributed by atoms with Gasteiger partial charge in [0.1, 0.15) is 11.5 Å². The lowest BCUT2D eigenvalue weighted by atomic mass is 10.1. The molecule has 0 saturated carbocycles. The lowest BCUT2D eigenvalue weighted by Crippen LogP contribution is -2.28. The minimum atomic E-state index is -0.262. The molecule has 2 aromatic carbocycles. The van der Waals surface area contributed by atoms with Crippen molar-refractivity contribution >= 4 is 17.4 Å². The van der Waals surface area contributed by atoms with E-state index in [1.807, 2.05) is 56.3 Å². The van der Waals surface area contributed by atoms with Gasteiger partial charge in [0.25, 0.3) is 0 Å². The second kappa shape index (κ2) is 8.28. The van der Waals surface area contributed by atoms with Crippen LogP contribution in [0.1, 0.15) is 11.1 Å². The molecule has 0 atom stereocenters. The Kier molecular flexibility index (Phi) is 6.11. The lowest BCUT2D eigenvalue weighted by Gasteiger charge is -2.16. The molecule has 0 aliphatic carbocycles. The Morgan fingerprint density at radius 1 is 1.04 bits per heavy atom. The summed E-state index contributed by atoms with van der Waals surface area (Å²) in [7, 11) is 7.16. The fourth-order valence-corrected chi connectivity index (χ4v) is 2.38. The number of rotatable bonds is 6. The van der Waals surface area contributed by atoms with Crippen LogP contribution >= 0.6 is 0 Å². The van der Waals surface area contributed by atoms with Crippen LogP contribution in [0.4, 0.5) is 16.2 Å². The minimum Gasteiger partial charge on any atom is -0.497 e. The number of anilines is 2. The summed E-state index contributed by atoms with van der Waals surface area (Å²) in [6.45, 7) is 2.34. The highest BCUT2D eigenvalue weighted by atomic mass is 16.5. The zero-order valence-corrected chi connectivity index (χ0v) is 15.3. The van der Waals surface area contributed by atoms with Gasteiger partial charge in [-0.25, -0.2) is 4.79 Å². The zero-order valence-electron chi connectivity index (χ0n) is 15.3. The maximum Gasteiger partial charge on any atom is 0.319 e. The number of nitrogens with one attached hydrogen (secondary N) is 2. The zero-order chi connectivity index (χ0) is 18.4. The van der Waals surface area contributed by atoms with Crippen LogP contribution in [0.2, 0.25) is 0 Å². The Labute approximate surface area is 148 Å². The predicted molar refractivity (Wildman–Crippen MR) is 101 cm³/mol. The number of amides is 2. The van der Waals surface area contributed by atoms with E-state index in [-0.39, 0.29) is 6.03 Å². The van der Waals surface area contributed by atoms with Crippen LogP contribution in [0.3, 0.4) is 0 Å². The number of carbonyl (C=O) groups excluding carboxylic acids is 1. The van der Waals surface area contributed by atoms with E-state index in [1.165, 1.54) is 0 Å². The van der Waals surface area contributed by atoms with Crippen LogP contribution in [-0.4, -0.2) is 34.3 Å². The summed E-state index contributed by atoms with van der Waals surface area (Å²) in [4.78, 5) is 14.2. The van der Waals surface area contributed by atoms with E-state index in [0.717, 1.165) is 22.5 Å². The monoisotopic (exact) mass is 343 g/mol.